The van der Waals surface area contributed by atoms with E-state index < -0.39 is 18.4 Å². The molecule has 0 radical (unpaired) electrons. The summed E-state index contributed by atoms with van der Waals surface area (Å²) in [7, 11) is 2.93. The Balaban J connectivity index is 1.76. The molecule has 0 fully saturated rings. The molecule has 0 aliphatic rings. The van der Waals surface area contributed by atoms with Crippen LogP contribution in [0.1, 0.15) is 20.8 Å². The van der Waals surface area contributed by atoms with Crippen molar-refractivity contribution < 1.29 is 23.8 Å². The highest BCUT2D eigenvalue weighted by Crippen LogP contribution is 2.25. The van der Waals surface area contributed by atoms with Gasteiger partial charge in [-0.05, 0) is 24.3 Å². The molecule has 3 aromatic rings. The Hall–Kier alpha value is -3.61. The Kier molecular flexibility index (Phi) is 5.21. The van der Waals surface area contributed by atoms with Crippen molar-refractivity contribution in [1.29, 1.82) is 0 Å². The van der Waals surface area contributed by atoms with Gasteiger partial charge in [-0.1, -0.05) is 12.1 Å². The van der Waals surface area contributed by atoms with Gasteiger partial charge in [0.2, 0.25) is 5.78 Å². The summed E-state index contributed by atoms with van der Waals surface area (Å²) in [5, 5.41) is 0.466. The number of benzene rings is 2. The molecule has 0 saturated carbocycles. The van der Waals surface area contributed by atoms with Gasteiger partial charge in [-0.2, -0.15) is 0 Å². The highest BCUT2D eigenvalue weighted by atomic mass is 16.5. The van der Waals surface area contributed by atoms with Crippen LogP contribution in [-0.2, 0) is 4.74 Å². The van der Waals surface area contributed by atoms with Crippen LogP contribution in [0, 0.1) is 0 Å². The fourth-order valence-corrected chi connectivity index (χ4v) is 2.62. The number of pyridine rings is 1. The topological polar surface area (TPSA) is 94.7 Å². The first-order valence-electron chi connectivity index (χ1n) is 8.08. The lowest BCUT2D eigenvalue weighted by Gasteiger charge is -2.10. The molecule has 2 aromatic carbocycles. The maximum absolute atomic E-state index is 12.4. The van der Waals surface area contributed by atoms with E-state index in [1.54, 1.807) is 36.4 Å². The Morgan fingerprint density at radius 1 is 1.00 bits per heavy atom. The molecule has 0 aliphatic heterocycles. The first kappa shape index (κ1) is 18.2. The number of aromatic nitrogens is 1. The van der Waals surface area contributed by atoms with Crippen LogP contribution in [0.3, 0.4) is 0 Å². The molecule has 0 aliphatic carbocycles. The minimum atomic E-state index is -0.793. The van der Waals surface area contributed by atoms with Crippen molar-refractivity contribution in [2.45, 2.75) is 0 Å². The molecule has 3 rings (SSSR count). The SMILES string of the molecule is COc1ccc(C(=O)COC(=O)c2cc(=O)c3ccccc3[nH]2)c(OC)c1. The zero-order valence-electron chi connectivity index (χ0n) is 14.8. The summed E-state index contributed by atoms with van der Waals surface area (Å²) in [5.74, 6) is -0.381. The second-order valence-corrected chi connectivity index (χ2v) is 5.66. The number of fused-ring (bicyclic) bond motifs is 1. The molecule has 7 heteroatoms. The smallest absolute Gasteiger partial charge is 0.355 e. The monoisotopic (exact) mass is 367 g/mol. The highest BCUT2D eigenvalue weighted by Gasteiger charge is 2.17. The largest absolute Gasteiger partial charge is 0.497 e. The summed E-state index contributed by atoms with van der Waals surface area (Å²) >= 11 is 0. The number of methoxy groups -OCH3 is 2. The predicted octanol–water partition coefficient (Wildman–Crippen LogP) is 2.59. The van der Waals surface area contributed by atoms with E-state index in [0.29, 0.717) is 22.4 Å². The van der Waals surface area contributed by atoms with E-state index in [-0.39, 0.29) is 16.7 Å². The van der Waals surface area contributed by atoms with E-state index in [2.05, 4.69) is 4.98 Å². The molecule has 27 heavy (non-hydrogen) atoms. The molecule has 7 nitrogen and oxygen atoms in total. The lowest BCUT2D eigenvalue weighted by Crippen LogP contribution is -2.17. The number of hydrogen-bond donors (Lipinski definition) is 1. The number of carbonyl (C=O) groups is 2. The summed E-state index contributed by atoms with van der Waals surface area (Å²) in [6.45, 7) is -0.490. The molecule has 1 aromatic heterocycles. The number of para-hydroxylation sites is 1. The quantitative estimate of drug-likeness (QED) is 0.532. The van der Waals surface area contributed by atoms with Gasteiger partial charge >= 0.3 is 5.97 Å². The number of hydrogen-bond acceptors (Lipinski definition) is 6. The van der Waals surface area contributed by atoms with E-state index in [0.717, 1.165) is 6.07 Å². The number of ether oxygens (including phenoxy) is 3. The van der Waals surface area contributed by atoms with Crippen molar-refractivity contribution in [2.24, 2.45) is 0 Å². The van der Waals surface area contributed by atoms with Crippen molar-refractivity contribution >= 4 is 22.7 Å². The summed E-state index contributed by atoms with van der Waals surface area (Å²) in [5.41, 5.74) is 0.450. The lowest BCUT2D eigenvalue weighted by molar-refractivity contribution is 0.0468. The van der Waals surface area contributed by atoms with Gasteiger partial charge in [-0.3, -0.25) is 9.59 Å². The summed E-state index contributed by atoms with van der Waals surface area (Å²) < 4.78 is 15.3. The van der Waals surface area contributed by atoms with Crippen LogP contribution < -0.4 is 14.9 Å². The molecule has 0 amide bonds. The van der Waals surface area contributed by atoms with E-state index in [1.807, 2.05) is 0 Å². The van der Waals surface area contributed by atoms with Gasteiger partial charge in [0.15, 0.2) is 12.0 Å². The average molecular weight is 367 g/mol. The Morgan fingerprint density at radius 2 is 1.78 bits per heavy atom. The first-order valence-corrected chi connectivity index (χ1v) is 8.08. The number of H-pyrrole nitrogens is 1. The van der Waals surface area contributed by atoms with Crippen LogP contribution in [0.25, 0.3) is 10.9 Å². The van der Waals surface area contributed by atoms with Crippen LogP contribution in [0.15, 0.2) is 53.3 Å². The first-order chi connectivity index (χ1) is 13.0. The van der Waals surface area contributed by atoms with E-state index >= 15 is 0 Å². The standard InChI is InChI=1S/C20H17NO6/c1-25-12-7-8-14(19(9-12)26-2)18(23)11-27-20(24)16-10-17(22)13-5-3-4-6-15(13)21-16/h3-10H,11H2,1-2H3,(H,21,22). The fraction of sp³-hybridized carbons (Fsp3) is 0.150. The van der Waals surface area contributed by atoms with Crippen LogP contribution in [0.2, 0.25) is 0 Å². The van der Waals surface area contributed by atoms with Gasteiger partial charge in [0, 0.05) is 23.0 Å². The molecule has 0 bridgehead atoms. The van der Waals surface area contributed by atoms with E-state index in [1.165, 1.54) is 20.3 Å². The van der Waals surface area contributed by atoms with Crippen molar-refractivity contribution in [3.63, 3.8) is 0 Å². The third-order valence-electron chi connectivity index (χ3n) is 4.00. The number of aromatic amines is 1. The lowest BCUT2D eigenvalue weighted by atomic mass is 10.1. The van der Waals surface area contributed by atoms with Crippen LogP contribution in [-0.4, -0.2) is 37.6 Å². The van der Waals surface area contributed by atoms with Crippen molar-refractivity contribution in [3.05, 3.63) is 70.0 Å². The maximum atomic E-state index is 12.4. The molecule has 1 heterocycles. The predicted molar refractivity (Wildman–Crippen MR) is 98.7 cm³/mol. The highest BCUT2D eigenvalue weighted by molar-refractivity contribution is 6.01. The summed E-state index contributed by atoms with van der Waals surface area (Å²) in [4.78, 5) is 39.5. The Morgan fingerprint density at radius 3 is 2.52 bits per heavy atom. The average Bonchev–Trinajstić information content (AvgIpc) is 2.71. The van der Waals surface area contributed by atoms with Crippen LogP contribution >= 0.6 is 0 Å². The summed E-state index contributed by atoms with van der Waals surface area (Å²) in [6.07, 6.45) is 0. The van der Waals surface area contributed by atoms with E-state index in [9.17, 15) is 14.4 Å². The molecule has 0 spiro atoms. The number of ketones is 1. The molecular weight excluding hydrogens is 350 g/mol. The number of esters is 1. The number of rotatable bonds is 6. The minimum absolute atomic E-state index is 0.0202. The molecular formula is C20H17NO6. The zero-order chi connectivity index (χ0) is 19.4. The third kappa shape index (κ3) is 3.82. The molecule has 138 valence electrons. The third-order valence-corrected chi connectivity index (χ3v) is 4.00. The molecule has 0 atom stereocenters. The second-order valence-electron chi connectivity index (χ2n) is 5.66. The van der Waals surface area contributed by atoms with Gasteiger partial charge in [0.05, 0.1) is 19.8 Å². The van der Waals surface area contributed by atoms with Gasteiger partial charge in [0.1, 0.15) is 17.2 Å². The Labute approximate surface area is 154 Å². The maximum Gasteiger partial charge on any atom is 0.355 e. The van der Waals surface area contributed by atoms with Crippen LogP contribution in [0.5, 0.6) is 11.5 Å². The number of carbonyl (C=O) groups excluding carboxylic acids is 2. The van der Waals surface area contributed by atoms with Gasteiger partial charge < -0.3 is 19.2 Å². The zero-order valence-corrected chi connectivity index (χ0v) is 14.8. The van der Waals surface area contributed by atoms with E-state index in [4.69, 9.17) is 14.2 Å². The van der Waals surface area contributed by atoms with Gasteiger partial charge in [-0.15, -0.1) is 0 Å². The van der Waals surface area contributed by atoms with Crippen molar-refractivity contribution in [3.8, 4) is 11.5 Å². The van der Waals surface area contributed by atoms with Gasteiger partial charge in [0.25, 0.3) is 0 Å². The number of nitrogens with one attached hydrogen (secondary N) is 1. The Bertz CT molecular complexity index is 1070. The molecule has 0 unspecified atom stereocenters. The molecule has 0 saturated heterocycles. The minimum Gasteiger partial charge on any atom is -0.497 e. The fourth-order valence-electron chi connectivity index (χ4n) is 2.62. The normalized spacial score (nSPS) is 10.4. The van der Waals surface area contributed by atoms with Gasteiger partial charge in [-0.25, -0.2) is 4.79 Å². The van der Waals surface area contributed by atoms with Crippen molar-refractivity contribution in [2.75, 3.05) is 20.8 Å². The number of Topliss-reactive ketones (excluding diaryl/α,β-unsaturated/α-hetero) is 1. The summed E-state index contributed by atoms with van der Waals surface area (Å²) in [6, 6.07) is 12.7. The van der Waals surface area contributed by atoms with Crippen LogP contribution in [0.4, 0.5) is 0 Å². The molecule has 1 N–H and O–H groups in total. The van der Waals surface area contributed by atoms with Crippen molar-refractivity contribution in [1.82, 2.24) is 4.98 Å². The second kappa shape index (κ2) is 7.74.